The van der Waals surface area contributed by atoms with E-state index in [0.29, 0.717) is 13.2 Å². The predicted octanol–water partition coefficient (Wildman–Crippen LogP) is 2.97. The minimum Gasteiger partial charge on any atom is -0.383 e. The SMILES string of the molecule is COCCNC(=O)[C@H]1Cc2ccccc2N2CCN(Cc3ccc(Cl)cc3)C[C@H]12. The number of nitrogens with one attached hydrogen (secondary N) is 1. The lowest BCUT2D eigenvalue weighted by Crippen LogP contribution is -2.61. The Balaban J connectivity index is 1.52. The molecule has 2 aliphatic heterocycles. The van der Waals surface area contributed by atoms with Crippen molar-refractivity contribution in [2.45, 2.75) is 19.0 Å². The normalized spacial score (nSPS) is 21.4. The van der Waals surface area contributed by atoms with Crippen molar-refractivity contribution in [3.63, 3.8) is 0 Å². The molecule has 1 amide bonds. The number of amides is 1. The number of anilines is 1. The average Bonchev–Trinajstić information content (AvgIpc) is 2.75. The third-order valence-corrected chi connectivity index (χ3v) is 6.22. The summed E-state index contributed by atoms with van der Waals surface area (Å²) < 4.78 is 5.09. The van der Waals surface area contributed by atoms with E-state index in [1.54, 1.807) is 7.11 Å². The lowest BCUT2D eigenvalue weighted by atomic mass is 9.83. The van der Waals surface area contributed by atoms with Crippen LogP contribution in [-0.4, -0.2) is 56.7 Å². The number of ether oxygens (including phenoxy) is 1. The zero-order valence-corrected chi connectivity index (χ0v) is 17.6. The molecule has 29 heavy (non-hydrogen) atoms. The standard InChI is InChI=1S/C23H28ClN3O2/c1-29-13-10-25-23(28)20-14-18-4-2-3-5-21(18)27-12-11-26(16-22(20)27)15-17-6-8-19(24)9-7-17/h2-9,20,22H,10-16H2,1H3,(H,25,28)/t20-,22+/m0/s1. The van der Waals surface area contributed by atoms with Gasteiger partial charge in [-0.2, -0.15) is 0 Å². The molecule has 1 N–H and O–H groups in total. The van der Waals surface area contributed by atoms with Crippen LogP contribution in [0, 0.1) is 5.92 Å². The number of benzene rings is 2. The first-order valence-electron chi connectivity index (χ1n) is 10.2. The van der Waals surface area contributed by atoms with E-state index in [2.05, 4.69) is 51.5 Å². The smallest absolute Gasteiger partial charge is 0.225 e. The van der Waals surface area contributed by atoms with Crippen molar-refractivity contribution in [2.24, 2.45) is 5.92 Å². The van der Waals surface area contributed by atoms with E-state index in [1.165, 1.54) is 16.8 Å². The van der Waals surface area contributed by atoms with E-state index in [4.69, 9.17) is 16.3 Å². The number of piperazine rings is 1. The summed E-state index contributed by atoms with van der Waals surface area (Å²) in [6, 6.07) is 16.7. The molecule has 2 heterocycles. The Kier molecular flexibility index (Phi) is 6.38. The summed E-state index contributed by atoms with van der Waals surface area (Å²) >= 11 is 6.03. The summed E-state index contributed by atoms with van der Waals surface area (Å²) in [6.45, 7) is 4.74. The maximum absolute atomic E-state index is 13.0. The van der Waals surface area contributed by atoms with Gasteiger partial charge in [0.25, 0.3) is 0 Å². The number of methoxy groups -OCH3 is 1. The molecule has 0 bridgehead atoms. The molecule has 0 aromatic heterocycles. The molecule has 154 valence electrons. The van der Waals surface area contributed by atoms with Crippen molar-refractivity contribution in [3.8, 4) is 0 Å². The number of hydrogen-bond acceptors (Lipinski definition) is 4. The molecule has 2 aromatic carbocycles. The Morgan fingerprint density at radius 1 is 1.17 bits per heavy atom. The van der Waals surface area contributed by atoms with E-state index in [9.17, 15) is 4.79 Å². The molecule has 0 spiro atoms. The van der Waals surface area contributed by atoms with Gasteiger partial charge in [0.1, 0.15) is 0 Å². The highest BCUT2D eigenvalue weighted by Gasteiger charge is 2.41. The third-order valence-electron chi connectivity index (χ3n) is 5.97. The van der Waals surface area contributed by atoms with Gasteiger partial charge >= 0.3 is 0 Å². The number of rotatable bonds is 6. The molecule has 2 aliphatic rings. The molecule has 0 saturated carbocycles. The number of halogens is 1. The Bertz CT molecular complexity index is 842. The molecule has 1 fully saturated rings. The van der Waals surface area contributed by atoms with Crippen molar-refractivity contribution in [2.75, 3.05) is 44.8 Å². The van der Waals surface area contributed by atoms with Gasteiger partial charge in [0.15, 0.2) is 0 Å². The molecule has 1 saturated heterocycles. The van der Waals surface area contributed by atoms with Gasteiger partial charge in [0, 0.05) is 50.5 Å². The van der Waals surface area contributed by atoms with Crippen LogP contribution in [0.2, 0.25) is 5.02 Å². The molecule has 5 nitrogen and oxygen atoms in total. The Morgan fingerprint density at radius 2 is 1.97 bits per heavy atom. The van der Waals surface area contributed by atoms with Crippen molar-refractivity contribution in [1.82, 2.24) is 10.2 Å². The zero-order chi connectivity index (χ0) is 20.2. The second-order valence-electron chi connectivity index (χ2n) is 7.85. The predicted molar refractivity (Wildman–Crippen MR) is 116 cm³/mol. The van der Waals surface area contributed by atoms with Gasteiger partial charge in [-0.05, 0) is 35.7 Å². The van der Waals surface area contributed by atoms with E-state index < -0.39 is 0 Å². The van der Waals surface area contributed by atoms with Crippen LogP contribution in [-0.2, 0) is 22.5 Å². The number of fused-ring (bicyclic) bond motifs is 3. The molecular formula is C23H28ClN3O2. The molecule has 0 unspecified atom stereocenters. The fourth-order valence-electron chi connectivity index (χ4n) is 4.52. The monoisotopic (exact) mass is 413 g/mol. The number of carbonyl (C=O) groups excluding carboxylic acids is 1. The Hall–Kier alpha value is -2.08. The van der Waals surface area contributed by atoms with Crippen molar-refractivity contribution < 1.29 is 9.53 Å². The largest absolute Gasteiger partial charge is 0.383 e. The lowest BCUT2D eigenvalue weighted by Gasteiger charge is -2.49. The molecule has 0 radical (unpaired) electrons. The van der Waals surface area contributed by atoms with Crippen LogP contribution in [0.5, 0.6) is 0 Å². The molecule has 6 heteroatoms. The maximum atomic E-state index is 13.0. The summed E-state index contributed by atoms with van der Waals surface area (Å²) in [5.74, 6) is 0.0645. The summed E-state index contributed by atoms with van der Waals surface area (Å²) in [5, 5.41) is 3.82. The summed E-state index contributed by atoms with van der Waals surface area (Å²) in [5.41, 5.74) is 3.80. The van der Waals surface area contributed by atoms with E-state index in [1.807, 2.05) is 12.1 Å². The maximum Gasteiger partial charge on any atom is 0.225 e. The fraction of sp³-hybridized carbons (Fsp3) is 0.435. The molecular weight excluding hydrogens is 386 g/mol. The minimum atomic E-state index is -0.0604. The number of nitrogens with zero attached hydrogens (tertiary/aromatic N) is 2. The third kappa shape index (κ3) is 4.58. The zero-order valence-electron chi connectivity index (χ0n) is 16.8. The highest BCUT2D eigenvalue weighted by molar-refractivity contribution is 6.30. The summed E-state index contributed by atoms with van der Waals surface area (Å²) in [7, 11) is 1.65. The number of carbonyl (C=O) groups is 1. The first-order chi connectivity index (χ1) is 14.2. The quantitative estimate of drug-likeness (QED) is 0.739. The van der Waals surface area contributed by atoms with Crippen LogP contribution in [0.4, 0.5) is 5.69 Å². The van der Waals surface area contributed by atoms with E-state index in [-0.39, 0.29) is 17.9 Å². The van der Waals surface area contributed by atoms with E-state index >= 15 is 0 Å². The average molecular weight is 414 g/mol. The highest BCUT2D eigenvalue weighted by Crippen LogP contribution is 2.36. The van der Waals surface area contributed by atoms with Gasteiger partial charge in [-0.3, -0.25) is 9.69 Å². The summed E-state index contributed by atoms with van der Waals surface area (Å²) in [6.07, 6.45) is 0.783. The molecule has 4 rings (SSSR count). The minimum absolute atomic E-state index is 0.0604. The van der Waals surface area contributed by atoms with Crippen LogP contribution in [0.25, 0.3) is 0 Å². The topological polar surface area (TPSA) is 44.8 Å². The summed E-state index contributed by atoms with van der Waals surface area (Å²) in [4.78, 5) is 17.9. The van der Waals surface area contributed by atoms with Crippen LogP contribution >= 0.6 is 11.6 Å². The number of hydrogen-bond donors (Lipinski definition) is 1. The first-order valence-corrected chi connectivity index (χ1v) is 10.6. The van der Waals surface area contributed by atoms with Crippen LogP contribution in [0.1, 0.15) is 11.1 Å². The first kappa shape index (κ1) is 20.2. The van der Waals surface area contributed by atoms with Crippen molar-refractivity contribution >= 4 is 23.2 Å². The van der Waals surface area contributed by atoms with Gasteiger partial charge in [-0.1, -0.05) is 41.9 Å². The van der Waals surface area contributed by atoms with Crippen molar-refractivity contribution in [1.29, 1.82) is 0 Å². The highest BCUT2D eigenvalue weighted by atomic mass is 35.5. The van der Waals surface area contributed by atoms with Gasteiger partial charge < -0.3 is 15.0 Å². The van der Waals surface area contributed by atoms with E-state index in [0.717, 1.165) is 37.6 Å². The number of para-hydroxylation sites is 1. The van der Waals surface area contributed by atoms with Gasteiger partial charge in [-0.15, -0.1) is 0 Å². The fourth-order valence-corrected chi connectivity index (χ4v) is 4.64. The van der Waals surface area contributed by atoms with Gasteiger partial charge in [0.05, 0.1) is 18.6 Å². The molecule has 2 aromatic rings. The van der Waals surface area contributed by atoms with Crippen LogP contribution in [0.15, 0.2) is 48.5 Å². The second-order valence-corrected chi connectivity index (χ2v) is 8.28. The van der Waals surface area contributed by atoms with Crippen molar-refractivity contribution in [3.05, 3.63) is 64.7 Å². The Morgan fingerprint density at radius 3 is 2.76 bits per heavy atom. The van der Waals surface area contributed by atoms with Crippen LogP contribution < -0.4 is 10.2 Å². The second kappa shape index (κ2) is 9.16. The van der Waals surface area contributed by atoms with Crippen LogP contribution in [0.3, 0.4) is 0 Å². The van der Waals surface area contributed by atoms with Gasteiger partial charge in [0.2, 0.25) is 5.91 Å². The Labute approximate surface area is 177 Å². The molecule has 2 atom stereocenters. The van der Waals surface area contributed by atoms with Gasteiger partial charge in [-0.25, -0.2) is 0 Å². The molecule has 0 aliphatic carbocycles. The lowest BCUT2D eigenvalue weighted by molar-refractivity contribution is -0.126.